The van der Waals surface area contributed by atoms with Gasteiger partial charge in [0.25, 0.3) is 0 Å². The first-order chi connectivity index (χ1) is 17.6. The summed E-state index contributed by atoms with van der Waals surface area (Å²) >= 11 is 0. The van der Waals surface area contributed by atoms with Crippen LogP contribution >= 0.6 is 0 Å². The van der Waals surface area contributed by atoms with Crippen molar-refractivity contribution >= 4 is 11.8 Å². The van der Waals surface area contributed by atoms with Gasteiger partial charge in [0.15, 0.2) is 0 Å². The van der Waals surface area contributed by atoms with Crippen molar-refractivity contribution in [1.82, 2.24) is 15.1 Å². The summed E-state index contributed by atoms with van der Waals surface area (Å²) in [4.78, 5) is 31.0. The number of carbonyl (C=O) groups is 2. The number of likely N-dealkylation sites (N-methyl/N-ethyl adjacent to an activating group) is 1. The van der Waals surface area contributed by atoms with E-state index in [1.54, 1.807) is 23.6 Å². The summed E-state index contributed by atoms with van der Waals surface area (Å²) in [7, 11) is 1.84. The number of benzene rings is 2. The van der Waals surface area contributed by atoms with Gasteiger partial charge in [-0.25, -0.2) is 0 Å². The Morgan fingerprint density at radius 3 is 2.49 bits per heavy atom. The van der Waals surface area contributed by atoms with Gasteiger partial charge >= 0.3 is 0 Å². The van der Waals surface area contributed by atoms with Gasteiger partial charge in [0, 0.05) is 38.1 Å². The fraction of sp³-hybridized carbons (Fsp3) is 0.517. The molecule has 2 aliphatic rings. The molecule has 2 aromatic rings. The number of ether oxygens (including phenoxy) is 1. The van der Waals surface area contributed by atoms with Gasteiger partial charge in [0.2, 0.25) is 11.8 Å². The molecule has 2 aromatic carbocycles. The number of aliphatic hydroxyl groups is 1. The van der Waals surface area contributed by atoms with E-state index in [0.29, 0.717) is 26.2 Å². The number of rotatable bonds is 9. The minimum Gasteiger partial charge on any atom is -0.377 e. The van der Waals surface area contributed by atoms with E-state index in [1.165, 1.54) is 0 Å². The summed E-state index contributed by atoms with van der Waals surface area (Å²) in [5.41, 5.74) is 6.61. The first kappa shape index (κ1) is 27.3. The van der Waals surface area contributed by atoms with Gasteiger partial charge in [-0.1, -0.05) is 60.7 Å². The smallest absolute Gasteiger partial charge is 0.242 e. The summed E-state index contributed by atoms with van der Waals surface area (Å²) in [6, 6.07) is 19.0. The van der Waals surface area contributed by atoms with Crippen molar-refractivity contribution in [3.63, 3.8) is 0 Å². The summed E-state index contributed by atoms with van der Waals surface area (Å²) in [6.45, 7) is 5.34. The fourth-order valence-electron chi connectivity index (χ4n) is 5.59. The highest BCUT2D eigenvalue weighted by Gasteiger charge is 2.55. The van der Waals surface area contributed by atoms with Crippen molar-refractivity contribution in [3.8, 4) is 0 Å². The molecule has 0 bridgehead atoms. The molecule has 0 aromatic heterocycles. The number of hydrogen-bond donors (Lipinski definition) is 3. The van der Waals surface area contributed by atoms with Crippen molar-refractivity contribution in [2.45, 2.75) is 57.0 Å². The lowest BCUT2D eigenvalue weighted by atomic mass is 9.69. The number of nitrogens with one attached hydrogen (secondary N) is 1. The van der Waals surface area contributed by atoms with Crippen LogP contribution in [0.2, 0.25) is 0 Å². The Morgan fingerprint density at radius 1 is 1.19 bits per heavy atom. The van der Waals surface area contributed by atoms with Crippen LogP contribution in [-0.2, 0) is 20.9 Å². The van der Waals surface area contributed by atoms with Gasteiger partial charge in [-0.15, -0.1) is 0 Å². The minimum atomic E-state index is -1.11. The lowest BCUT2D eigenvalue weighted by Crippen LogP contribution is -2.62. The maximum absolute atomic E-state index is 13.9. The van der Waals surface area contributed by atoms with Gasteiger partial charge < -0.3 is 25.4 Å². The van der Waals surface area contributed by atoms with Crippen LogP contribution < -0.4 is 11.1 Å². The molecule has 2 aliphatic heterocycles. The molecule has 200 valence electrons. The number of carbonyl (C=O) groups excluding carboxylic acids is 2. The Bertz CT molecular complexity index is 1060. The zero-order valence-corrected chi connectivity index (χ0v) is 22.1. The molecule has 1 unspecified atom stereocenters. The second-order valence-corrected chi connectivity index (χ2v) is 11.1. The zero-order valence-electron chi connectivity index (χ0n) is 22.1. The van der Waals surface area contributed by atoms with E-state index in [-0.39, 0.29) is 24.3 Å². The maximum atomic E-state index is 13.9. The van der Waals surface area contributed by atoms with Crippen molar-refractivity contribution < 1.29 is 19.4 Å². The second-order valence-electron chi connectivity index (χ2n) is 11.1. The van der Waals surface area contributed by atoms with E-state index in [9.17, 15) is 14.7 Å². The number of nitrogens with zero attached hydrogens (tertiary/aromatic N) is 2. The molecule has 2 amide bonds. The van der Waals surface area contributed by atoms with Crippen molar-refractivity contribution in [2.75, 3.05) is 33.3 Å². The summed E-state index contributed by atoms with van der Waals surface area (Å²) < 4.78 is 5.92. The minimum absolute atomic E-state index is 0.0103. The average molecular weight is 509 g/mol. The summed E-state index contributed by atoms with van der Waals surface area (Å²) in [6.07, 6.45) is 0.356. The predicted molar refractivity (Wildman–Crippen MR) is 142 cm³/mol. The van der Waals surface area contributed by atoms with Gasteiger partial charge in [0.05, 0.1) is 18.6 Å². The quantitative estimate of drug-likeness (QED) is 0.448. The van der Waals surface area contributed by atoms with Crippen molar-refractivity contribution in [1.29, 1.82) is 0 Å². The van der Waals surface area contributed by atoms with Crippen molar-refractivity contribution in [3.05, 3.63) is 71.8 Å². The Kier molecular flexibility index (Phi) is 8.33. The first-order valence-electron chi connectivity index (χ1n) is 13.1. The van der Waals surface area contributed by atoms with Gasteiger partial charge in [0.1, 0.15) is 12.3 Å². The number of aliphatic hydroxyl groups excluding tert-OH is 1. The molecule has 2 heterocycles. The lowest BCUT2D eigenvalue weighted by Gasteiger charge is -2.43. The second kappa shape index (κ2) is 11.3. The fourth-order valence-corrected chi connectivity index (χ4v) is 5.59. The molecule has 8 nitrogen and oxygen atoms in total. The van der Waals surface area contributed by atoms with Crippen LogP contribution in [0.3, 0.4) is 0 Å². The Hall–Kier alpha value is -2.78. The van der Waals surface area contributed by atoms with Crippen molar-refractivity contribution in [2.24, 2.45) is 11.1 Å². The molecule has 4 rings (SSSR count). The molecule has 0 aliphatic carbocycles. The van der Waals surface area contributed by atoms with E-state index in [4.69, 9.17) is 10.5 Å². The van der Waals surface area contributed by atoms with Gasteiger partial charge in [-0.05, 0) is 37.8 Å². The zero-order chi connectivity index (χ0) is 26.6. The summed E-state index contributed by atoms with van der Waals surface area (Å²) in [5.74, 6) is -0.0903. The predicted octanol–water partition coefficient (Wildman–Crippen LogP) is 2.08. The highest BCUT2D eigenvalue weighted by Crippen LogP contribution is 2.49. The monoisotopic (exact) mass is 508 g/mol. The molecule has 1 spiro atoms. The normalized spacial score (nSPS) is 23.9. The summed E-state index contributed by atoms with van der Waals surface area (Å²) in [5, 5.41) is 13.7. The molecule has 4 atom stereocenters. The molecule has 0 radical (unpaired) electrons. The molecular formula is C29H40N4O4. The van der Waals surface area contributed by atoms with Crippen LogP contribution in [0.25, 0.3) is 0 Å². The Labute approximate surface area is 219 Å². The Balaban J connectivity index is 1.53. The third-order valence-corrected chi connectivity index (χ3v) is 7.69. The van der Waals surface area contributed by atoms with Crippen LogP contribution in [0.5, 0.6) is 0 Å². The van der Waals surface area contributed by atoms with Crippen LogP contribution in [0.15, 0.2) is 60.7 Å². The number of piperidine rings is 1. The third-order valence-electron chi connectivity index (χ3n) is 7.69. The van der Waals surface area contributed by atoms with E-state index in [1.807, 2.05) is 55.6 Å². The standard InChI is InChI=1S/C29H40N4O4/c1-28(2,30)26(35)31-24(19-37-18-21-11-6-4-7-12-21)25(34)33-16-10-15-29(20-33)23(17-32(3)27(29)36)22-13-8-5-9-14-22/h4-9,11-14,23-24,26,31,35H,10,15-20,30H2,1-3H3/t23-,24-,26?,29-/m1/s1. The van der Waals surface area contributed by atoms with Gasteiger partial charge in [-0.3, -0.25) is 14.9 Å². The first-order valence-corrected chi connectivity index (χ1v) is 13.1. The topological polar surface area (TPSA) is 108 Å². The molecule has 2 fully saturated rings. The van der Waals surface area contributed by atoms with Crippen LogP contribution in [-0.4, -0.2) is 77.8 Å². The average Bonchev–Trinajstić information content (AvgIpc) is 3.13. The number of amides is 2. The maximum Gasteiger partial charge on any atom is 0.242 e. The van der Waals surface area contributed by atoms with E-state index < -0.39 is 23.2 Å². The molecule has 37 heavy (non-hydrogen) atoms. The van der Waals surface area contributed by atoms with Crippen LogP contribution in [0, 0.1) is 5.41 Å². The number of likely N-dealkylation sites (tertiary alicyclic amines) is 2. The third kappa shape index (κ3) is 6.04. The molecule has 4 N–H and O–H groups in total. The van der Waals surface area contributed by atoms with Crippen LogP contribution in [0.4, 0.5) is 0 Å². The Morgan fingerprint density at radius 2 is 1.84 bits per heavy atom. The molecule has 8 heteroatoms. The lowest BCUT2D eigenvalue weighted by molar-refractivity contribution is -0.146. The highest BCUT2D eigenvalue weighted by atomic mass is 16.5. The van der Waals surface area contributed by atoms with E-state index in [2.05, 4.69) is 17.4 Å². The molecule has 2 saturated heterocycles. The highest BCUT2D eigenvalue weighted by molar-refractivity contribution is 5.89. The van der Waals surface area contributed by atoms with E-state index >= 15 is 0 Å². The largest absolute Gasteiger partial charge is 0.377 e. The SMILES string of the molecule is CN1C[C@H](c2ccccc2)[C@]2(CCCN(C(=O)[C@@H](COCc3ccccc3)NC(O)C(C)(C)N)C2)C1=O. The van der Waals surface area contributed by atoms with Gasteiger partial charge in [-0.2, -0.15) is 0 Å². The van der Waals surface area contributed by atoms with E-state index in [0.717, 1.165) is 24.0 Å². The van der Waals surface area contributed by atoms with Crippen LogP contribution in [0.1, 0.15) is 43.7 Å². The molecule has 0 saturated carbocycles. The number of hydrogen-bond acceptors (Lipinski definition) is 6. The number of nitrogens with two attached hydrogens (primary N) is 1. The molecular weight excluding hydrogens is 468 g/mol.